The van der Waals surface area contributed by atoms with E-state index in [1.165, 1.54) is 0 Å². The molecule has 0 heterocycles. The van der Waals surface area contributed by atoms with E-state index in [1.54, 1.807) is 13.8 Å². The van der Waals surface area contributed by atoms with Gasteiger partial charge in [-0.15, -0.1) is 0 Å². The van der Waals surface area contributed by atoms with Crippen LogP contribution in [0.1, 0.15) is 26.7 Å². The lowest BCUT2D eigenvalue weighted by atomic mass is 10.1. The van der Waals surface area contributed by atoms with Gasteiger partial charge in [0.1, 0.15) is 0 Å². The van der Waals surface area contributed by atoms with Crippen LogP contribution in [-0.2, 0) is 9.53 Å². The maximum atomic E-state index is 10.9. The number of ether oxygens (including phenoxy) is 1. The molecule has 11 heavy (non-hydrogen) atoms. The van der Waals surface area contributed by atoms with Crippen molar-refractivity contribution in [1.29, 1.82) is 5.26 Å². The minimum absolute atomic E-state index is 0.144. The first kappa shape index (κ1) is 9.96. The van der Waals surface area contributed by atoms with Gasteiger partial charge in [-0.1, -0.05) is 6.92 Å². The Hall–Kier alpha value is -1.04. The van der Waals surface area contributed by atoms with Gasteiger partial charge in [-0.25, -0.2) is 0 Å². The smallest absolute Gasteiger partial charge is 0.308 e. The molecule has 3 heteroatoms. The van der Waals surface area contributed by atoms with Crippen LogP contribution in [0.4, 0.5) is 0 Å². The van der Waals surface area contributed by atoms with Crippen molar-refractivity contribution in [2.75, 3.05) is 6.61 Å². The van der Waals surface area contributed by atoms with Crippen LogP contribution >= 0.6 is 0 Å². The Bertz CT molecular complexity index is 160. The third-order valence-electron chi connectivity index (χ3n) is 1.38. The molecule has 0 radical (unpaired) electrons. The van der Waals surface area contributed by atoms with Crippen molar-refractivity contribution < 1.29 is 9.53 Å². The maximum Gasteiger partial charge on any atom is 0.308 e. The van der Waals surface area contributed by atoms with Crippen LogP contribution in [0.5, 0.6) is 0 Å². The fraction of sp³-hybridized carbons (Fsp3) is 0.750. The minimum atomic E-state index is -0.206. The summed E-state index contributed by atoms with van der Waals surface area (Å²) in [6.45, 7) is 3.96. The Balaban J connectivity index is 3.57. The van der Waals surface area contributed by atoms with E-state index in [1.807, 2.05) is 6.07 Å². The maximum absolute atomic E-state index is 10.9. The zero-order chi connectivity index (χ0) is 8.69. The second kappa shape index (κ2) is 5.72. The fourth-order valence-electron chi connectivity index (χ4n) is 0.683. The Morgan fingerprint density at radius 1 is 1.73 bits per heavy atom. The molecule has 0 spiro atoms. The van der Waals surface area contributed by atoms with Crippen molar-refractivity contribution in [3.8, 4) is 6.07 Å². The van der Waals surface area contributed by atoms with Crippen LogP contribution in [0.3, 0.4) is 0 Å². The van der Waals surface area contributed by atoms with Crippen LogP contribution in [0, 0.1) is 17.2 Å². The fourth-order valence-corrected chi connectivity index (χ4v) is 0.683. The molecule has 0 N–H and O–H groups in total. The Kier molecular flexibility index (Phi) is 5.18. The molecule has 0 aromatic carbocycles. The minimum Gasteiger partial charge on any atom is -0.466 e. The second-order valence-corrected chi connectivity index (χ2v) is 2.35. The number of hydrogen-bond acceptors (Lipinski definition) is 3. The topological polar surface area (TPSA) is 50.1 Å². The Labute approximate surface area is 67.0 Å². The SMILES string of the molecule is CCOC(=O)[C@H](C)CCC#N. The van der Waals surface area contributed by atoms with Crippen LogP contribution in [0.2, 0.25) is 0 Å². The molecule has 0 aliphatic carbocycles. The summed E-state index contributed by atoms with van der Waals surface area (Å²) in [5.41, 5.74) is 0. The third-order valence-corrected chi connectivity index (χ3v) is 1.38. The van der Waals surface area contributed by atoms with Crippen molar-refractivity contribution in [2.45, 2.75) is 26.7 Å². The number of esters is 1. The van der Waals surface area contributed by atoms with Crippen LogP contribution in [-0.4, -0.2) is 12.6 Å². The van der Waals surface area contributed by atoms with Gasteiger partial charge < -0.3 is 4.74 Å². The lowest BCUT2D eigenvalue weighted by Gasteiger charge is -2.06. The largest absolute Gasteiger partial charge is 0.466 e. The quantitative estimate of drug-likeness (QED) is 0.578. The standard InChI is InChI=1S/C8H13NO2/c1-3-11-8(10)7(2)5-4-6-9/h7H,3-5H2,1-2H3/t7-/m1/s1. The normalized spacial score (nSPS) is 11.7. The molecule has 0 rings (SSSR count). The van der Waals surface area contributed by atoms with E-state index in [2.05, 4.69) is 0 Å². The van der Waals surface area contributed by atoms with Crippen molar-refractivity contribution in [3.63, 3.8) is 0 Å². The van der Waals surface area contributed by atoms with E-state index in [0.717, 1.165) is 0 Å². The lowest BCUT2D eigenvalue weighted by molar-refractivity contribution is -0.147. The average Bonchev–Trinajstić information content (AvgIpc) is 2.00. The van der Waals surface area contributed by atoms with Gasteiger partial charge in [0.05, 0.1) is 18.6 Å². The molecular weight excluding hydrogens is 142 g/mol. The highest BCUT2D eigenvalue weighted by Gasteiger charge is 2.12. The summed E-state index contributed by atoms with van der Waals surface area (Å²) >= 11 is 0. The first-order chi connectivity index (χ1) is 5.22. The summed E-state index contributed by atoms with van der Waals surface area (Å²) in [6, 6.07) is 1.99. The number of carbonyl (C=O) groups is 1. The van der Waals surface area contributed by atoms with Crippen molar-refractivity contribution in [2.24, 2.45) is 5.92 Å². The van der Waals surface area contributed by atoms with Crippen LogP contribution in [0.15, 0.2) is 0 Å². The molecule has 0 saturated heterocycles. The monoisotopic (exact) mass is 155 g/mol. The molecule has 0 fully saturated rings. The highest BCUT2D eigenvalue weighted by Crippen LogP contribution is 2.06. The molecule has 0 amide bonds. The van der Waals surface area contributed by atoms with Crippen LogP contribution in [0.25, 0.3) is 0 Å². The van der Waals surface area contributed by atoms with Gasteiger partial charge in [0.15, 0.2) is 0 Å². The predicted octanol–water partition coefficient (Wildman–Crippen LogP) is 1.49. The van der Waals surface area contributed by atoms with Crippen molar-refractivity contribution >= 4 is 5.97 Å². The zero-order valence-electron chi connectivity index (χ0n) is 6.96. The number of rotatable bonds is 4. The lowest BCUT2D eigenvalue weighted by Crippen LogP contribution is -2.14. The van der Waals surface area contributed by atoms with Gasteiger partial charge in [-0.2, -0.15) is 5.26 Å². The summed E-state index contributed by atoms with van der Waals surface area (Å²) in [5.74, 6) is -0.350. The average molecular weight is 155 g/mol. The van der Waals surface area contributed by atoms with E-state index in [0.29, 0.717) is 19.4 Å². The van der Waals surface area contributed by atoms with E-state index < -0.39 is 0 Å². The van der Waals surface area contributed by atoms with E-state index in [9.17, 15) is 4.79 Å². The second-order valence-electron chi connectivity index (χ2n) is 2.35. The third kappa shape index (κ3) is 4.38. The Morgan fingerprint density at radius 3 is 2.82 bits per heavy atom. The Morgan fingerprint density at radius 2 is 2.36 bits per heavy atom. The predicted molar refractivity (Wildman–Crippen MR) is 40.6 cm³/mol. The molecular formula is C8H13NO2. The summed E-state index contributed by atoms with van der Waals surface area (Å²) < 4.78 is 4.75. The van der Waals surface area contributed by atoms with E-state index in [4.69, 9.17) is 10.00 Å². The molecule has 3 nitrogen and oxygen atoms in total. The van der Waals surface area contributed by atoms with Gasteiger partial charge in [-0.05, 0) is 13.3 Å². The summed E-state index contributed by atoms with van der Waals surface area (Å²) in [6.07, 6.45) is 1.01. The number of hydrogen-bond donors (Lipinski definition) is 0. The molecule has 0 aromatic rings. The first-order valence-electron chi connectivity index (χ1n) is 3.76. The molecule has 0 bridgehead atoms. The van der Waals surface area contributed by atoms with Gasteiger partial charge in [0.25, 0.3) is 0 Å². The number of nitrogens with zero attached hydrogens (tertiary/aromatic N) is 1. The van der Waals surface area contributed by atoms with E-state index in [-0.39, 0.29) is 11.9 Å². The van der Waals surface area contributed by atoms with Crippen molar-refractivity contribution in [1.82, 2.24) is 0 Å². The molecule has 0 saturated carbocycles. The van der Waals surface area contributed by atoms with Gasteiger partial charge in [0.2, 0.25) is 0 Å². The van der Waals surface area contributed by atoms with Gasteiger partial charge >= 0.3 is 5.97 Å². The molecule has 0 aromatic heterocycles. The molecule has 0 aliphatic heterocycles. The van der Waals surface area contributed by atoms with Gasteiger partial charge in [0, 0.05) is 6.42 Å². The molecule has 0 unspecified atom stereocenters. The summed E-state index contributed by atoms with van der Waals surface area (Å²) in [4.78, 5) is 10.9. The van der Waals surface area contributed by atoms with Gasteiger partial charge in [-0.3, -0.25) is 4.79 Å². The highest BCUT2D eigenvalue weighted by atomic mass is 16.5. The highest BCUT2D eigenvalue weighted by molar-refractivity contribution is 5.71. The first-order valence-corrected chi connectivity index (χ1v) is 3.76. The van der Waals surface area contributed by atoms with Crippen molar-refractivity contribution in [3.05, 3.63) is 0 Å². The summed E-state index contributed by atoms with van der Waals surface area (Å²) in [5, 5.41) is 8.22. The number of nitriles is 1. The molecule has 0 aliphatic rings. The zero-order valence-corrected chi connectivity index (χ0v) is 6.96. The van der Waals surface area contributed by atoms with Crippen LogP contribution < -0.4 is 0 Å². The number of carbonyl (C=O) groups excluding carboxylic acids is 1. The summed E-state index contributed by atoms with van der Waals surface area (Å²) in [7, 11) is 0. The molecule has 1 atom stereocenters. The molecule has 62 valence electrons. The van der Waals surface area contributed by atoms with E-state index >= 15 is 0 Å².